The molecule has 0 bridgehead atoms. The molecule has 35 heavy (non-hydrogen) atoms. The molecule has 0 saturated carbocycles. The Morgan fingerprint density at radius 3 is 2.17 bits per heavy atom. The maximum absolute atomic E-state index is 13.4. The van der Waals surface area contributed by atoms with E-state index in [0.717, 1.165) is 28.2 Å². The molecule has 0 atom stereocenters. The Bertz CT molecular complexity index is 1600. The zero-order valence-corrected chi connectivity index (χ0v) is 19.6. The number of fused-ring (bicyclic) bond motifs is 1. The lowest BCUT2D eigenvalue weighted by Gasteiger charge is -2.16. The van der Waals surface area contributed by atoms with Crippen molar-refractivity contribution in [2.75, 3.05) is 5.32 Å². The summed E-state index contributed by atoms with van der Waals surface area (Å²) in [5, 5.41) is 15.8. The van der Waals surface area contributed by atoms with Gasteiger partial charge in [0, 0.05) is 28.4 Å². The molecule has 1 heterocycles. The van der Waals surface area contributed by atoms with Crippen LogP contribution in [-0.2, 0) is 0 Å². The highest BCUT2D eigenvalue weighted by molar-refractivity contribution is 6.02. The van der Waals surface area contributed by atoms with Crippen LogP contribution in [-0.4, -0.2) is 15.9 Å². The van der Waals surface area contributed by atoms with Crippen molar-refractivity contribution in [3.8, 4) is 11.6 Å². The van der Waals surface area contributed by atoms with Gasteiger partial charge >= 0.3 is 0 Å². The molecule has 0 aliphatic heterocycles. The van der Waals surface area contributed by atoms with Crippen molar-refractivity contribution in [2.24, 2.45) is 4.99 Å². The van der Waals surface area contributed by atoms with E-state index in [0.29, 0.717) is 22.0 Å². The lowest BCUT2D eigenvalue weighted by atomic mass is 10.1. The Morgan fingerprint density at radius 2 is 1.46 bits per heavy atom. The molecule has 0 spiro atoms. The molecule has 0 aliphatic rings. The Labute approximate surface area is 203 Å². The molecule has 172 valence electrons. The van der Waals surface area contributed by atoms with Crippen molar-refractivity contribution in [1.29, 1.82) is 0 Å². The summed E-state index contributed by atoms with van der Waals surface area (Å²) in [6, 6.07) is 30.7. The van der Waals surface area contributed by atoms with Crippen LogP contribution in [0.4, 0.5) is 17.1 Å². The summed E-state index contributed by atoms with van der Waals surface area (Å²) in [7, 11) is 0. The van der Waals surface area contributed by atoms with Crippen LogP contribution in [0.25, 0.3) is 16.5 Å². The van der Waals surface area contributed by atoms with Crippen LogP contribution in [0, 0.1) is 13.8 Å². The van der Waals surface area contributed by atoms with Crippen LogP contribution >= 0.6 is 0 Å². The Kier molecular flexibility index (Phi) is 5.90. The fourth-order valence-corrected chi connectivity index (χ4v) is 4.23. The molecular weight excluding hydrogens is 434 g/mol. The second-order valence-electron chi connectivity index (χ2n) is 8.51. The maximum atomic E-state index is 13.4. The van der Waals surface area contributed by atoms with E-state index in [4.69, 9.17) is 0 Å². The van der Waals surface area contributed by atoms with E-state index in [9.17, 15) is 9.90 Å². The van der Waals surface area contributed by atoms with Gasteiger partial charge in [0.25, 0.3) is 5.56 Å². The van der Waals surface area contributed by atoms with Crippen molar-refractivity contribution in [3.05, 3.63) is 124 Å². The molecule has 1 aromatic heterocycles. The third kappa shape index (κ3) is 4.44. The van der Waals surface area contributed by atoms with Gasteiger partial charge in [-0.1, -0.05) is 54.1 Å². The molecule has 0 aliphatic carbocycles. The normalized spacial score (nSPS) is 11.3. The van der Waals surface area contributed by atoms with Crippen molar-refractivity contribution in [3.63, 3.8) is 0 Å². The number of anilines is 2. The van der Waals surface area contributed by atoms with E-state index in [1.807, 2.05) is 105 Å². The molecule has 0 radical (unpaired) electrons. The smallest absolute Gasteiger partial charge is 0.265 e. The number of pyridine rings is 1. The summed E-state index contributed by atoms with van der Waals surface area (Å²) in [4.78, 5) is 18.0. The molecule has 5 nitrogen and oxygen atoms in total. The van der Waals surface area contributed by atoms with Crippen molar-refractivity contribution >= 4 is 34.0 Å². The quantitative estimate of drug-likeness (QED) is 0.284. The van der Waals surface area contributed by atoms with Crippen LogP contribution in [0.1, 0.15) is 16.7 Å². The number of hydrogen-bond acceptors (Lipinski definition) is 4. The molecule has 0 fully saturated rings. The number of aromatic hydroxyl groups is 1. The number of aryl methyl sites for hydroxylation is 2. The molecule has 5 rings (SSSR count). The Balaban J connectivity index is 1.56. The zero-order valence-electron chi connectivity index (χ0n) is 19.6. The lowest BCUT2D eigenvalue weighted by molar-refractivity contribution is 0.436. The minimum absolute atomic E-state index is 0.133. The van der Waals surface area contributed by atoms with Gasteiger partial charge in [0.05, 0.1) is 16.9 Å². The molecule has 0 unspecified atom stereocenters. The van der Waals surface area contributed by atoms with Crippen LogP contribution in [0.2, 0.25) is 0 Å². The minimum atomic E-state index is -0.265. The molecule has 2 N–H and O–H groups in total. The summed E-state index contributed by atoms with van der Waals surface area (Å²) < 4.78 is 1.37. The average Bonchev–Trinajstić information content (AvgIpc) is 2.87. The number of hydrogen-bond donors (Lipinski definition) is 2. The van der Waals surface area contributed by atoms with E-state index >= 15 is 0 Å². The summed E-state index contributed by atoms with van der Waals surface area (Å²) in [6.07, 6.45) is 1.62. The van der Waals surface area contributed by atoms with Crippen molar-refractivity contribution in [2.45, 2.75) is 13.8 Å². The van der Waals surface area contributed by atoms with E-state index < -0.39 is 0 Å². The van der Waals surface area contributed by atoms with Crippen molar-refractivity contribution < 1.29 is 5.11 Å². The van der Waals surface area contributed by atoms with Gasteiger partial charge < -0.3 is 10.4 Å². The Morgan fingerprint density at radius 1 is 0.800 bits per heavy atom. The standard InChI is InChI=1S/C30H25N3O2/c1-20-12-17-28(21(2)18-20)33-29(34)26-11-7-6-10-25(26)27(30(33)35)19-31-22-13-15-24(16-14-22)32-23-8-4-3-5-9-23/h3-19,32,35H,1-2H3. The van der Waals surface area contributed by atoms with E-state index in [-0.39, 0.29) is 11.4 Å². The fourth-order valence-electron chi connectivity index (χ4n) is 4.23. The summed E-state index contributed by atoms with van der Waals surface area (Å²) >= 11 is 0. The first-order chi connectivity index (χ1) is 17.0. The minimum Gasteiger partial charge on any atom is -0.494 e. The highest BCUT2D eigenvalue weighted by Crippen LogP contribution is 2.28. The number of para-hydroxylation sites is 1. The molecule has 0 saturated heterocycles. The van der Waals surface area contributed by atoms with E-state index in [1.54, 1.807) is 12.3 Å². The molecule has 4 aromatic carbocycles. The van der Waals surface area contributed by atoms with Gasteiger partial charge in [-0.05, 0) is 67.9 Å². The molecular formula is C30H25N3O2. The molecule has 0 amide bonds. The van der Waals surface area contributed by atoms with Gasteiger partial charge in [-0.3, -0.25) is 9.79 Å². The number of rotatable bonds is 5. The average molecular weight is 460 g/mol. The topological polar surface area (TPSA) is 66.6 Å². The van der Waals surface area contributed by atoms with Gasteiger partial charge in [0.2, 0.25) is 5.88 Å². The zero-order chi connectivity index (χ0) is 24.4. The first-order valence-electron chi connectivity index (χ1n) is 11.4. The predicted molar refractivity (Wildman–Crippen MR) is 144 cm³/mol. The second-order valence-corrected chi connectivity index (χ2v) is 8.51. The van der Waals surface area contributed by atoms with Crippen molar-refractivity contribution in [1.82, 2.24) is 4.57 Å². The highest BCUT2D eigenvalue weighted by atomic mass is 16.3. The van der Waals surface area contributed by atoms with Gasteiger partial charge in [0.15, 0.2) is 0 Å². The number of aliphatic imine (C=N–C) groups is 1. The van der Waals surface area contributed by atoms with Gasteiger partial charge in [-0.25, -0.2) is 4.57 Å². The largest absolute Gasteiger partial charge is 0.494 e. The molecule has 5 aromatic rings. The highest BCUT2D eigenvalue weighted by Gasteiger charge is 2.17. The van der Waals surface area contributed by atoms with Crippen LogP contribution < -0.4 is 10.9 Å². The number of nitrogens with one attached hydrogen (secondary N) is 1. The van der Waals surface area contributed by atoms with Gasteiger partial charge in [-0.2, -0.15) is 0 Å². The van der Waals surface area contributed by atoms with Crippen LogP contribution in [0.5, 0.6) is 5.88 Å². The number of benzene rings is 4. The predicted octanol–water partition coefficient (Wildman–Crippen LogP) is 6.81. The third-order valence-corrected chi connectivity index (χ3v) is 5.97. The fraction of sp³-hybridized carbons (Fsp3) is 0.0667. The van der Waals surface area contributed by atoms with E-state index in [2.05, 4.69) is 10.3 Å². The number of nitrogens with zero attached hydrogens (tertiary/aromatic N) is 2. The monoisotopic (exact) mass is 459 g/mol. The lowest BCUT2D eigenvalue weighted by Crippen LogP contribution is -2.21. The summed E-state index contributed by atoms with van der Waals surface area (Å²) in [5.41, 5.74) is 5.56. The summed E-state index contributed by atoms with van der Waals surface area (Å²) in [6.45, 7) is 3.93. The SMILES string of the molecule is Cc1ccc(-n2c(O)c(C=Nc3ccc(Nc4ccccc4)cc3)c3ccccc3c2=O)c(C)c1. The first kappa shape index (κ1) is 22.2. The maximum Gasteiger partial charge on any atom is 0.265 e. The Hall–Kier alpha value is -4.64. The molecule has 5 heteroatoms. The summed E-state index contributed by atoms with van der Waals surface area (Å²) in [5.74, 6) is -0.133. The van der Waals surface area contributed by atoms with Gasteiger partial charge in [-0.15, -0.1) is 0 Å². The van der Waals surface area contributed by atoms with Crippen LogP contribution in [0.15, 0.2) is 107 Å². The first-order valence-corrected chi connectivity index (χ1v) is 11.4. The third-order valence-electron chi connectivity index (χ3n) is 5.97. The second kappa shape index (κ2) is 9.31. The number of aromatic nitrogens is 1. The van der Waals surface area contributed by atoms with E-state index in [1.165, 1.54) is 4.57 Å². The van der Waals surface area contributed by atoms with Gasteiger partial charge in [0.1, 0.15) is 0 Å². The van der Waals surface area contributed by atoms with Crippen LogP contribution in [0.3, 0.4) is 0 Å².